The van der Waals surface area contributed by atoms with Gasteiger partial charge in [0.2, 0.25) is 5.91 Å². The van der Waals surface area contributed by atoms with Crippen LogP contribution < -0.4 is 10.6 Å². The Bertz CT molecular complexity index is 502. The average Bonchev–Trinajstić information content (AvgIpc) is 2.75. The van der Waals surface area contributed by atoms with Gasteiger partial charge in [0.1, 0.15) is 11.3 Å². The summed E-state index contributed by atoms with van der Waals surface area (Å²) in [5.41, 5.74) is 3.97. The lowest BCUT2D eigenvalue weighted by Gasteiger charge is -2.23. The highest BCUT2D eigenvalue weighted by Gasteiger charge is 2.39. The first-order valence-corrected chi connectivity index (χ1v) is 5.74. The van der Waals surface area contributed by atoms with Crippen molar-refractivity contribution in [1.29, 1.82) is 0 Å². The lowest BCUT2D eigenvalue weighted by atomic mass is 10.1. The molecule has 1 aliphatic rings. The van der Waals surface area contributed by atoms with Gasteiger partial charge in [-0.25, -0.2) is 0 Å². The molecule has 1 fully saturated rings. The molecule has 1 unspecified atom stereocenters. The highest BCUT2D eigenvalue weighted by Crippen LogP contribution is 2.43. The summed E-state index contributed by atoms with van der Waals surface area (Å²) >= 11 is 0. The smallest absolute Gasteiger partial charge is 0.421 e. The number of rotatable bonds is 2. The van der Waals surface area contributed by atoms with E-state index in [1.54, 1.807) is 0 Å². The number of phenols is 1. The van der Waals surface area contributed by atoms with Crippen LogP contribution in [0, 0.1) is 5.92 Å². The van der Waals surface area contributed by atoms with Gasteiger partial charge < -0.3 is 15.7 Å². The number of hydrogen-bond donors (Lipinski definition) is 2. The number of hydrogen-bond acceptors (Lipinski definition) is 3. The number of nitrogens with two attached hydrogens (primary N) is 1. The fourth-order valence-corrected chi connectivity index (χ4v) is 2.29. The van der Waals surface area contributed by atoms with Crippen LogP contribution in [0.15, 0.2) is 18.2 Å². The Morgan fingerprint density at radius 3 is 2.63 bits per heavy atom. The standard InChI is InChI=1S/C12H13F3N2O2/c13-12(14,15)10-8(2-1-3-9(10)18)17-5-4-7(6-17)11(16)19/h1-3,7,18H,4-6H2,(H2,16,19). The van der Waals surface area contributed by atoms with Gasteiger partial charge in [0.05, 0.1) is 11.6 Å². The number of carbonyl (C=O) groups excluding carboxylic acids is 1. The van der Waals surface area contributed by atoms with Crippen molar-refractivity contribution in [3.63, 3.8) is 0 Å². The van der Waals surface area contributed by atoms with E-state index in [0.29, 0.717) is 13.0 Å². The summed E-state index contributed by atoms with van der Waals surface area (Å²) in [5.74, 6) is -1.79. The Hall–Kier alpha value is -1.92. The van der Waals surface area contributed by atoms with Gasteiger partial charge in [-0.2, -0.15) is 13.2 Å². The summed E-state index contributed by atoms with van der Waals surface area (Å²) in [6.07, 6.45) is -4.23. The molecule has 0 bridgehead atoms. The Balaban J connectivity index is 2.36. The van der Waals surface area contributed by atoms with E-state index in [9.17, 15) is 23.1 Å². The van der Waals surface area contributed by atoms with Gasteiger partial charge in [-0.15, -0.1) is 0 Å². The van der Waals surface area contributed by atoms with Gasteiger partial charge in [-0.05, 0) is 18.6 Å². The molecule has 19 heavy (non-hydrogen) atoms. The first-order valence-electron chi connectivity index (χ1n) is 5.74. The van der Waals surface area contributed by atoms with E-state index >= 15 is 0 Å². The summed E-state index contributed by atoms with van der Waals surface area (Å²) in [5, 5.41) is 9.42. The van der Waals surface area contributed by atoms with Gasteiger partial charge in [-0.3, -0.25) is 4.79 Å². The van der Waals surface area contributed by atoms with Crippen molar-refractivity contribution in [2.24, 2.45) is 11.7 Å². The Morgan fingerprint density at radius 2 is 2.11 bits per heavy atom. The minimum absolute atomic E-state index is 0.115. The summed E-state index contributed by atoms with van der Waals surface area (Å²) in [4.78, 5) is 12.5. The molecule has 7 heteroatoms. The second kappa shape index (κ2) is 4.64. The molecule has 0 aliphatic carbocycles. The third-order valence-electron chi connectivity index (χ3n) is 3.24. The summed E-state index contributed by atoms with van der Waals surface area (Å²) < 4.78 is 38.8. The average molecular weight is 274 g/mol. The van der Waals surface area contributed by atoms with Crippen molar-refractivity contribution in [2.45, 2.75) is 12.6 Å². The number of aromatic hydroxyl groups is 1. The highest BCUT2D eigenvalue weighted by atomic mass is 19.4. The van der Waals surface area contributed by atoms with Crippen LogP contribution in [0.3, 0.4) is 0 Å². The molecule has 1 aromatic rings. The molecule has 0 aromatic heterocycles. The van der Waals surface area contributed by atoms with E-state index in [1.165, 1.54) is 17.0 Å². The number of nitrogens with zero attached hydrogens (tertiary/aromatic N) is 1. The maximum absolute atomic E-state index is 12.9. The Morgan fingerprint density at radius 1 is 1.42 bits per heavy atom. The monoisotopic (exact) mass is 274 g/mol. The number of anilines is 1. The fraction of sp³-hybridized carbons (Fsp3) is 0.417. The number of primary amides is 1. The lowest BCUT2D eigenvalue weighted by Crippen LogP contribution is -2.28. The molecule has 0 saturated carbocycles. The molecule has 0 radical (unpaired) electrons. The summed E-state index contributed by atoms with van der Waals surface area (Å²) in [6.45, 7) is 0.446. The molecule has 104 valence electrons. The summed E-state index contributed by atoms with van der Waals surface area (Å²) in [6, 6.07) is 3.62. The lowest BCUT2D eigenvalue weighted by molar-refractivity contribution is -0.138. The summed E-state index contributed by atoms with van der Waals surface area (Å²) in [7, 11) is 0. The van der Waals surface area contributed by atoms with Gasteiger partial charge in [-0.1, -0.05) is 6.07 Å². The number of carbonyl (C=O) groups is 1. The topological polar surface area (TPSA) is 66.6 Å². The van der Waals surface area contributed by atoms with Crippen molar-refractivity contribution in [3.05, 3.63) is 23.8 Å². The van der Waals surface area contributed by atoms with Crippen molar-refractivity contribution in [1.82, 2.24) is 0 Å². The Kier molecular flexibility index (Phi) is 3.30. The molecule has 4 nitrogen and oxygen atoms in total. The van der Waals surface area contributed by atoms with E-state index in [-0.39, 0.29) is 12.2 Å². The zero-order chi connectivity index (χ0) is 14.2. The van der Waals surface area contributed by atoms with Gasteiger partial charge in [0.15, 0.2) is 0 Å². The molecule has 2 rings (SSSR count). The quantitative estimate of drug-likeness (QED) is 0.863. The number of alkyl halides is 3. The minimum atomic E-state index is -4.65. The minimum Gasteiger partial charge on any atom is -0.507 e. The Labute approximate surface area is 107 Å². The molecule has 1 atom stereocenters. The molecule has 1 aromatic carbocycles. The first-order chi connectivity index (χ1) is 8.80. The molecule has 1 heterocycles. The van der Waals surface area contributed by atoms with Crippen LogP contribution in [0.1, 0.15) is 12.0 Å². The van der Waals surface area contributed by atoms with Gasteiger partial charge in [0.25, 0.3) is 0 Å². The zero-order valence-electron chi connectivity index (χ0n) is 9.94. The van der Waals surface area contributed by atoms with Crippen LogP contribution in [-0.2, 0) is 11.0 Å². The molecule has 3 N–H and O–H groups in total. The molecular formula is C12H13F3N2O2. The predicted molar refractivity (Wildman–Crippen MR) is 62.6 cm³/mol. The van der Waals surface area contributed by atoms with Gasteiger partial charge in [0, 0.05) is 13.1 Å². The number of amides is 1. The molecular weight excluding hydrogens is 261 g/mol. The molecule has 1 aliphatic heterocycles. The van der Waals surface area contributed by atoms with Crippen molar-refractivity contribution in [3.8, 4) is 5.75 Å². The normalized spacial score (nSPS) is 19.7. The van der Waals surface area contributed by atoms with Crippen LogP contribution in [0.5, 0.6) is 5.75 Å². The number of halogens is 3. The maximum atomic E-state index is 12.9. The van der Waals surface area contributed by atoms with Crippen LogP contribution in [-0.4, -0.2) is 24.1 Å². The largest absolute Gasteiger partial charge is 0.507 e. The highest BCUT2D eigenvalue weighted by molar-refractivity contribution is 5.78. The van der Waals surface area contributed by atoms with Crippen molar-refractivity contribution >= 4 is 11.6 Å². The van der Waals surface area contributed by atoms with Crippen molar-refractivity contribution < 1.29 is 23.1 Å². The van der Waals surface area contributed by atoms with Gasteiger partial charge >= 0.3 is 6.18 Å². The third-order valence-corrected chi connectivity index (χ3v) is 3.24. The second-order valence-electron chi connectivity index (χ2n) is 4.50. The second-order valence-corrected chi connectivity index (χ2v) is 4.50. The SMILES string of the molecule is NC(=O)C1CCN(c2cccc(O)c2C(F)(F)F)C1. The van der Waals surface area contributed by atoms with E-state index in [2.05, 4.69) is 0 Å². The zero-order valence-corrected chi connectivity index (χ0v) is 9.94. The van der Waals surface area contributed by atoms with Crippen LogP contribution in [0.25, 0.3) is 0 Å². The van der Waals surface area contributed by atoms with Crippen LogP contribution in [0.2, 0.25) is 0 Å². The van der Waals surface area contributed by atoms with Crippen LogP contribution >= 0.6 is 0 Å². The molecule has 1 amide bonds. The molecule has 1 saturated heterocycles. The van der Waals surface area contributed by atoms with E-state index in [4.69, 9.17) is 5.73 Å². The third kappa shape index (κ3) is 2.59. The maximum Gasteiger partial charge on any atom is 0.421 e. The van der Waals surface area contributed by atoms with E-state index < -0.39 is 29.3 Å². The van der Waals surface area contributed by atoms with Crippen molar-refractivity contribution in [2.75, 3.05) is 18.0 Å². The number of phenolic OH excluding ortho intramolecular Hbond substituents is 1. The number of benzene rings is 1. The first kappa shape index (κ1) is 13.5. The predicted octanol–water partition coefficient (Wildman–Crippen LogP) is 1.72. The van der Waals surface area contributed by atoms with E-state index in [1.807, 2.05) is 0 Å². The van der Waals surface area contributed by atoms with Crippen LogP contribution in [0.4, 0.5) is 18.9 Å². The molecule has 0 spiro atoms. The van der Waals surface area contributed by atoms with E-state index in [0.717, 1.165) is 6.07 Å². The fourth-order valence-electron chi connectivity index (χ4n) is 2.29.